The van der Waals surface area contributed by atoms with Crippen molar-refractivity contribution in [3.8, 4) is 0 Å². The molecule has 1 aliphatic rings. The number of carbonyl (C=O) groups excluding carboxylic acids is 1. The van der Waals surface area contributed by atoms with Crippen molar-refractivity contribution in [1.29, 1.82) is 0 Å². The van der Waals surface area contributed by atoms with Crippen LogP contribution in [0.2, 0.25) is 0 Å². The Labute approximate surface area is 498 Å². The Morgan fingerprint density at radius 2 is 0.741 bits per heavy atom. The molecule has 9 atom stereocenters. The highest BCUT2D eigenvalue weighted by molar-refractivity contribution is 5.80. The summed E-state index contributed by atoms with van der Waals surface area (Å²) in [5, 5.41) is 76.4. The molecule has 1 saturated heterocycles. The summed E-state index contributed by atoms with van der Waals surface area (Å²) >= 11 is 0. The maximum Gasteiger partial charge on any atom is 0.249 e. The monoisotopic (exact) mass is 1150 g/mol. The molecule has 1 rings (SSSR count). The molecule has 1 amide bonds. The summed E-state index contributed by atoms with van der Waals surface area (Å²) < 4.78 is 11.2. The van der Waals surface area contributed by atoms with Crippen LogP contribution in [0.5, 0.6) is 0 Å². The van der Waals surface area contributed by atoms with Crippen LogP contribution in [0.25, 0.3) is 0 Å². The largest absolute Gasteiger partial charge is 0.394 e. The van der Waals surface area contributed by atoms with Gasteiger partial charge in [-0.2, -0.15) is 0 Å². The minimum Gasteiger partial charge on any atom is -0.394 e. The molecule has 1 heterocycles. The summed E-state index contributed by atoms with van der Waals surface area (Å²) in [7, 11) is 0. The van der Waals surface area contributed by atoms with Crippen LogP contribution in [0.1, 0.15) is 335 Å². The average molecular weight is 1150 g/mol. The number of rotatable bonds is 61. The van der Waals surface area contributed by atoms with Gasteiger partial charge in [0.1, 0.15) is 36.6 Å². The predicted molar refractivity (Wildman–Crippen MR) is 339 cm³/mol. The Morgan fingerprint density at radius 3 is 1.10 bits per heavy atom. The zero-order chi connectivity index (χ0) is 58.9. The van der Waals surface area contributed by atoms with E-state index in [0.717, 1.165) is 38.5 Å². The summed E-state index contributed by atoms with van der Waals surface area (Å²) in [5.74, 6) is -0.705. The lowest BCUT2D eigenvalue weighted by molar-refractivity contribution is -0.303. The third kappa shape index (κ3) is 46.3. The highest BCUT2D eigenvalue weighted by Gasteiger charge is 2.44. The number of ether oxygens (including phenoxy) is 2. The summed E-state index contributed by atoms with van der Waals surface area (Å²) in [5.41, 5.74) is 0. The molecule has 11 heteroatoms. The fourth-order valence-electron chi connectivity index (χ4n) is 11.3. The standard InChI is InChI=1S/C70H133NO10/c1-3-5-7-9-11-13-15-17-19-21-23-25-26-27-28-29-30-31-32-33-34-35-36-37-38-40-42-44-46-48-50-52-54-56-58-63(74)69(79)71-61(60-80-70-68(78)67(77)66(76)64(59-72)81-70)65(75)62(73)57-55-53-51-49-47-45-43-41-39-24-22-20-18-16-14-12-10-8-6-4-2/h29-30,41,43,49,51,61-68,70,72-78H,3-28,31-40,42,44-48,50,52-60H2,1-2H3,(H,71,79)/b30-29-,43-41+,51-49+. The van der Waals surface area contributed by atoms with Crippen molar-refractivity contribution in [2.45, 2.75) is 390 Å². The van der Waals surface area contributed by atoms with E-state index in [0.29, 0.717) is 19.3 Å². The van der Waals surface area contributed by atoms with E-state index in [1.165, 1.54) is 250 Å². The zero-order valence-corrected chi connectivity index (χ0v) is 52.8. The van der Waals surface area contributed by atoms with Crippen molar-refractivity contribution in [2.24, 2.45) is 0 Å². The molecule has 0 spiro atoms. The fourth-order valence-corrected chi connectivity index (χ4v) is 11.3. The molecule has 0 aromatic heterocycles. The Hall–Kier alpha value is -1.67. The molecule has 0 aliphatic carbocycles. The summed E-state index contributed by atoms with van der Waals surface area (Å²) in [6.45, 7) is 3.48. The molecule has 81 heavy (non-hydrogen) atoms. The number of hydrogen-bond acceptors (Lipinski definition) is 10. The lowest BCUT2D eigenvalue weighted by Gasteiger charge is -2.40. The Morgan fingerprint density at radius 1 is 0.420 bits per heavy atom. The van der Waals surface area contributed by atoms with Crippen LogP contribution >= 0.6 is 0 Å². The Balaban J connectivity index is 2.19. The third-order valence-corrected chi connectivity index (χ3v) is 16.9. The lowest BCUT2D eigenvalue weighted by atomic mass is 9.98. The number of carbonyl (C=O) groups is 1. The molecular formula is C70H133NO10. The second-order valence-electron chi connectivity index (χ2n) is 24.6. The van der Waals surface area contributed by atoms with Gasteiger partial charge in [-0.15, -0.1) is 0 Å². The van der Waals surface area contributed by atoms with Gasteiger partial charge in [0.25, 0.3) is 0 Å². The topological polar surface area (TPSA) is 189 Å². The molecule has 0 radical (unpaired) electrons. The predicted octanol–water partition coefficient (Wildman–Crippen LogP) is 16.6. The van der Waals surface area contributed by atoms with E-state index in [-0.39, 0.29) is 12.8 Å². The molecule has 1 aliphatic heterocycles. The number of aliphatic hydroxyl groups is 7. The van der Waals surface area contributed by atoms with Crippen LogP contribution in [0.3, 0.4) is 0 Å². The molecule has 0 aromatic rings. The van der Waals surface area contributed by atoms with Gasteiger partial charge in [0.2, 0.25) is 5.91 Å². The smallest absolute Gasteiger partial charge is 0.249 e. The first-order chi connectivity index (χ1) is 39.7. The third-order valence-electron chi connectivity index (χ3n) is 16.9. The van der Waals surface area contributed by atoms with E-state index in [4.69, 9.17) is 9.47 Å². The summed E-state index contributed by atoms with van der Waals surface area (Å²) in [6.07, 6.45) is 63.8. The molecule has 0 bridgehead atoms. The highest BCUT2D eigenvalue weighted by Crippen LogP contribution is 2.24. The van der Waals surface area contributed by atoms with E-state index < -0.39 is 74.2 Å². The Kier molecular flexibility index (Phi) is 56.0. The molecule has 478 valence electrons. The van der Waals surface area contributed by atoms with Crippen molar-refractivity contribution >= 4 is 5.91 Å². The zero-order valence-electron chi connectivity index (χ0n) is 52.8. The number of aliphatic hydroxyl groups excluding tert-OH is 7. The highest BCUT2D eigenvalue weighted by atomic mass is 16.7. The minimum absolute atomic E-state index is 0.248. The van der Waals surface area contributed by atoms with Crippen LogP contribution in [-0.2, 0) is 14.3 Å². The molecule has 9 unspecified atom stereocenters. The molecule has 0 aromatic carbocycles. The molecule has 8 N–H and O–H groups in total. The number of hydrogen-bond donors (Lipinski definition) is 8. The van der Waals surface area contributed by atoms with Gasteiger partial charge < -0.3 is 50.5 Å². The number of nitrogens with one attached hydrogen (secondary N) is 1. The fraction of sp³-hybridized carbons (Fsp3) is 0.900. The van der Waals surface area contributed by atoms with Gasteiger partial charge in [0.05, 0.1) is 25.4 Å². The second-order valence-corrected chi connectivity index (χ2v) is 24.6. The van der Waals surface area contributed by atoms with Gasteiger partial charge in [-0.1, -0.05) is 294 Å². The molecule has 11 nitrogen and oxygen atoms in total. The second kappa shape index (κ2) is 58.7. The van der Waals surface area contributed by atoms with E-state index in [1.54, 1.807) is 0 Å². The summed E-state index contributed by atoms with van der Waals surface area (Å²) in [6, 6.07) is -1.19. The van der Waals surface area contributed by atoms with E-state index >= 15 is 0 Å². The van der Waals surface area contributed by atoms with E-state index in [9.17, 15) is 40.5 Å². The quantitative estimate of drug-likeness (QED) is 0.0215. The van der Waals surface area contributed by atoms with Crippen LogP contribution in [0.15, 0.2) is 36.5 Å². The van der Waals surface area contributed by atoms with Gasteiger partial charge in [-0.05, 0) is 77.0 Å². The SMILES string of the molecule is CCCCCCCCCCCCC/C=C/CC/C=C/CCCC(O)C(O)C(COC1OC(CO)C(O)C(O)C1O)NC(=O)C(O)CCCCCCCCCCCCCCCCCC/C=C\CCCCCCCCCCCCCCCC. The first-order valence-electron chi connectivity index (χ1n) is 34.9. The number of unbranched alkanes of at least 4 members (excludes halogenated alkanes) is 43. The first-order valence-corrected chi connectivity index (χ1v) is 34.9. The van der Waals surface area contributed by atoms with Crippen molar-refractivity contribution in [1.82, 2.24) is 5.32 Å². The van der Waals surface area contributed by atoms with Crippen molar-refractivity contribution in [3.63, 3.8) is 0 Å². The van der Waals surface area contributed by atoms with Crippen molar-refractivity contribution < 1.29 is 50.0 Å². The van der Waals surface area contributed by atoms with Crippen LogP contribution < -0.4 is 5.32 Å². The van der Waals surface area contributed by atoms with E-state index in [1.807, 2.05) is 0 Å². The number of allylic oxidation sites excluding steroid dienone is 6. The van der Waals surface area contributed by atoms with Gasteiger partial charge in [0, 0.05) is 0 Å². The minimum atomic E-state index is -1.67. The lowest BCUT2D eigenvalue weighted by Crippen LogP contribution is -2.60. The van der Waals surface area contributed by atoms with Gasteiger partial charge in [0.15, 0.2) is 6.29 Å². The van der Waals surface area contributed by atoms with Crippen LogP contribution in [-0.4, -0.2) is 110 Å². The Bertz CT molecular complexity index is 1410. The van der Waals surface area contributed by atoms with Crippen molar-refractivity contribution in [2.75, 3.05) is 13.2 Å². The van der Waals surface area contributed by atoms with Crippen molar-refractivity contribution in [3.05, 3.63) is 36.5 Å². The van der Waals surface area contributed by atoms with Gasteiger partial charge >= 0.3 is 0 Å². The molecular weight excluding hydrogens is 1010 g/mol. The molecule has 1 fully saturated rings. The summed E-state index contributed by atoms with van der Waals surface area (Å²) in [4.78, 5) is 13.2. The maximum absolute atomic E-state index is 13.2. The average Bonchev–Trinajstić information content (AvgIpc) is 3.49. The molecule has 0 saturated carbocycles. The van der Waals surface area contributed by atoms with Gasteiger partial charge in [-0.3, -0.25) is 4.79 Å². The number of amides is 1. The van der Waals surface area contributed by atoms with E-state index in [2.05, 4.69) is 55.6 Å². The van der Waals surface area contributed by atoms with Crippen LogP contribution in [0.4, 0.5) is 0 Å². The van der Waals surface area contributed by atoms with Crippen LogP contribution in [0, 0.1) is 0 Å². The normalized spacial score (nSPS) is 19.3. The maximum atomic E-state index is 13.2. The van der Waals surface area contributed by atoms with Gasteiger partial charge in [-0.25, -0.2) is 0 Å². The first kappa shape index (κ1) is 77.3.